The lowest BCUT2D eigenvalue weighted by Crippen LogP contribution is -1.94. The quantitative estimate of drug-likeness (QED) is 0.143. The van der Waals surface area contributed by atoms with Gasteiger partial charge in [-0.15, -0.1) is 0 Å². The van der Waals surface area contributed by atoms with Crippen LogP contribution in [0.3, 0.4) is 0 Å². The second-order valence-corrected chi connectivity index (χ2v) is 23.7. The molecule has 0 aliphatic heterocycles. The molecule has 94 heavy (non-hydrogen) atoms. The molecule has 0 saturated heterocycles. The zero-order chi connectivity index (χ0) is 62.1. The van der Waals surface area contributed by atoms with Gasteiger partial charge in [-0.3, -0.25) is 0 Å². The van der Waals surface area contributed by atoms with Crippen LogP contribution >= 0.6 is 0 Å². The second-order valence-electron chi connectivity index (χ2n) is 23.7. The van der Waals surface area contributed by atoms with E-state index in [1.807, 2.05) is 72.8 Å². The molecule has 0 radical (unpaired) electrons. The predicted octanol–water partition coefficient (Wildman–Crippen LogP) is 22.6. The van der Waals surface area contributed by atoms with Gasteiger partial charge in [-0.05, 0) is 112 Å². The average molecular weight is 1200 g/mol. The summed E-state index contributed by atoms with van der Waals surface area (Å²) in [4.78, 5) is 20.4. The van der Waals surface area contributed by atoms with Crippen molar-refractivity contribution in [2.24, 2.45) is 0 Å². The fraction of sp³-hybridized carbons (Fsp3) is 0. The van der Waals surface area contributed by atoms with Gasteiger partial charge in [0.25, 0.3) is 0 Å². The molecule has 440 valence electrons. The van der Waals surface area contributed by atoms with Crippen LogP contribution in [0.25, 0.3) is 178 Å². The Bertz CT molecular complexity index is 6000. The molecule has 6 aromatic heterocycles. The van der Waals surface area contributed by atoms with Crippen LogP contribution in [-0.4, -0.2) is 29.1 Å². The van der Waals surface area contributed by atoms with Crippen LogP contribution < -0.4 is 0 Å². The minimum atomic E-state index is 0.666. The zero-order valence-corrected chi connectivity index (χ0v) is 50.7. The van der Waals surface area contributed by atoms with Gasteiger partial charge in [0.2, 0.25) is 0 Å². The molecular formula is C86H54N6O2. The lowest BCUT2D eigenvalue weighted by molar-refractivity contribution is 0.667. The molecule has 0 N–H and O–H groups in total. The Morgan fingerprint density at radius 2 is 0.532 bits per heavy atom. The van der Waals surface area contributed by atoms with Gasteiger partial charge in [0.05, 0.1) is 22.1 Å². The zero-order valence-electron chi connectivity index (χ0n) is 50.7. The van der Waals surface area contributed by atoms with E-state index in [1.54, 1.807) is 0 Å². The monoisotopic (exact) mass is 1200 g/mol. The topological polar surface area (TPSA) is 87.7 Å². The summed E-state index contributed by atoms with van der Waals surface area (Å²) in [5.74, 6) is 1.35. The molecule has 0 aliphatic carbocycles. The molecule has 0 aliphatic rings. The highest BCUT2D eigenvalue weighted by atomic mass is 16.3. The Labute approximate surface area is 540 Å². The molecule has 19 rings (SSSR count). The fourth-order valence-electron chi connectivity index (χ4n) is 13.6. The van der Waals surface area contributed by atoms with Crippen molar-refractivity contribution in [2.75, 3.05) is 0 Å². The van der Waals surface area contributed by atoms with Crippen LogP contribution in [0.15, 0.2) is 336 Å². The Kier molecular flexibility index (Phi) is 13.0. The molecule has 0 bridgehead atoms. The SMILES string of the molecule is c1ccc(-c2cccc(-c3nc(-c4ccccc4)nc4c3oc3ccc(-c5cccc(-n6c7ccccc7c7ccccc76)c5)cc34)c2)cc1.c1ccc(-c2nc(-c3ccccc3)c3oc4ccc(-c5cccc(-n6c7ccccc7c7ccccc76)c5)cc4c3n2)cc1. The number of aromatic nitrogens is 6. The first kappa shape index (κ1) is 54.2. The molecule has 0 atom stereocenters. The summed E-state index contributed by atoms with van der Waals surface area (Å²) in [6, 6.07) is 114. The summed E-state index contributed by atoms with van der Waals surface area (Å²) in [6.07, 6.45) is 0. The van der Waals surface area contributed by atoms with Gasteiger partial charge in [0.1, 0.15) is 33.6 Å². The summed E-state index contributed by atoms with van der Waals surface area (Å²) in [5, 5.41) is 6.93. The molecule has 8 heteroatoms. The number of furan rings is 2. The molecule has 6 heterocycles. The molecule has 0 unspecified atom stereocenters. The smallest absolute Gasteiger partial charge is 0.180 e. The highest BCUT2D eigenvalue weighted by Crippen LogP contribution is 2.42. The summed E-state index contributed by atoms with van der Waals surface area (Å²) >= 11 is 0. The molecule has 0 spiro atoms. The van der Waals surface area contributed by atoms with Gasteiger partial charge in [-0.1, -0.05) is 249 Å². The first-order valence-electron chi connectivity index (χ1n) is 31.6. The van der Waals surface area contributed by atoms with E-state index in [9.17, 15) is 0 Å². The molecule has 8 nitrogen and oxygen atoms in total. The van der Waals surface area contributed by atoms with Crippen molar-refractivity contribution in [1.82, 2.24) is 29.1 Å². The highest BCUT2D eigenvalue weighted by Gasteiger charge is 2.23. The van der Waals surface area contributed by atoms with Gasteiger partial charge in [-0.2, -0.15) is 0 Å². The number of hydrogen-bond donors (Lipinski definition) is 0. The third-order valence-corrected chi connectivity index (χ3v) is 18.0. The van der Waals surface area contributed by atoms with Crippen molar-refractivity contribution in [3.05, 3.63) is 328 Å². The maximum Gasteiger partial charge on any atom is 0.180 e. The van der Waals surface area contributed by atoms with E-state index in [-0.39, 0.29) is 0 Å². The predicted molar refractivity (Wildman–Crippen MR) is 385 cm³/mol. The molecule has 0 amide bonds. The fourth-order valence-corrected chi connectivity index (χ4v) is 13.6. The van der Waals surface area contributed by atoms with E-state index in [0.29, 0.717) is 22.8 Å². The Morgan fingerprint density at radius 1 is 0.213 bits per heavy atom. The Balaban J connectivity index is 0.000000139. The van der Waals surface area contributed by atoms with Gasteiger partial charge in [-0.25, -0.2) is 19.9 Å². The van der Waals surface area contributed by atoms with Crippen LogP contribution in [0.5, 0.6) is 0 Å². The number of fused-ring (bicyclic) bond motifs is 12. The third kappa shape index (κ3) is 9.39. The summed E-state index contributed by atoms with van der Waals surface area (Å²) in [6.45, 7) is 0. The molecule has 0 saturated carbocycles. The minimum Gasteiger partial charge on any atom is -0.452 e. The van der Waals surface area contributed by atoms with E-state index in [0.717, 1.165) is 111 Å². The van der Waals surface area contributed by atoms with E-state index >= 15 is 0 Å². The molecular weight excluding hydrogens is 1150 g/mol. The van der Waals surface area contributed by atoms with Crippen LogP contribution in [0.4, 0.5) is 0 Å². The molecule has 19 aromatic rings. The van der Waals surface area contributed by atoms with Crippen molar-refractivity contribution < 1.29 is 8.83 Å². The number of hydrogen-bond acceptors (Lipinski definition) is 6. The van der Waals surface area contributed by atoms with Crippen molar-refractivity contribution in [2.45, 2.75) is 0 Å². The van der Waals surface area contributed by atoms with Crippen LogP contribution in [0.2, 0.25) is 0 Å². The summed E-state index contributed by atoms with van der Waals surface area (Å²) in [5.41, 5.74) is 23.8. The maximum atomic E-state index is 6.62. The first-order chi connectivity index (χ1) is 46.6. The molecule has 13 aromatic carbocycles. The standard InChI is InChI=1S/C46H29N3O.C40H25N3O/c1-3-13-30(14-4-1)32-17-11-19-35(27-32)43-45-44(48-46(47-43)31-15-5-2-6-16-31)39-29-34(25-26-42(39)50-45)33-18-12-20-36(28-33)49-40-23-9-7-21-37(40)38-22-8-10-24-41(38)49;1-3-12-26(13-4-1)37-39-38(42-40(41-37)27-14-5-2-6-15-27)33-25-29(22-23-36(33)44-39)28-16-11-17-30(24-28)43-34-20-9-7-18-31(34)32-19-8-10-21-35(32)43/h1-29H;1-25H. The lowest BCUT2D eigenvalue weighted by Gasteiger charge is -2.10. The third-order valence-electron chi connectivity index (χ3n) is 18.0. The minimum absolute atomic E-state index is 0.666. The van der Waals surface area contributed by atoms with E-state index in [4.69, 9.17) is 28.8 Å². The summed E-state index contributed by atoms with van der Waals surface area (Å²) in [7, 11) is 0. The number of benzene rings is 13. The second kappa shape index (κ2) is 22.6. The maximum absolute atomic E-state index is 6.62. The van der Waals surface area contributed by atoms with Crippen molar-refractivity contribution in [3.63, 3.8) is 0 Å². The Morgan fingerprint density at radius 3 is 0.957 bits per heavy atom. The lowest BCUT2D eigenvalue weighted by atomic mass is 10.0. The van der Waals surface area contributed by atoms with Crippen LogP contribution in [-0.2, 0) is 0 Å². The first-order valence-corrected chi connectivity index (χ1v) is 31.6. The number of nitrogens with zero attached hydrogens (tertiary/aromatic N) is 6. The van der Waals surface area contributed by atoms with Crippen molar-refractivity contribution in [3.8, 4) is 90.0 Å². The van der Waals surface area contributed by atoms with Gasteiger partial charge in [0, 0.05) is 65.9 Å². The number of para-hydroxylation sites is 4. The molecule has 0 fully saturated rings. The summed E-state index contributed by atoms with van der Waals surface area (Å²) < 4.78 is 17.8. The van der Waals surface area contributed by atoms with Gasteiger partial charge < -0.3 is 18.0 Å². The highest BCUT2D eigenvalue weighted by molar-refractivity contribution is 6.12. The Hall–Kier alpha value is -12.8. The van der Waals surface area contributed by atoms with Crippen molar-refractivity contribution >= 4 is 87.7 Å². The normalized spacial score (nSPS) is 11.6. The van der Waals surface area contributed by atoms with Gasteiger partial charge in [0.15, 0.2) is 22.8 Å². The number of rotatable bonds is 9. The van der Waals surface area contributed by atoms with E-state index < -0.39 is 0 Å². The average Bonchev–Trinajstić information content (AvgIpc) is 1.62. The van der Waals surface area contributed by atoms with Crippen LogP contribution in [0.1, 0.15) is 0 Å². The largest absolute Gasteiger partial charge is 0.452 e. The van der Waals surface area contributed by atoms with Gasteiger partial charge >= 0.3 is 0 Å². The van der Waals surface area contributed by atoms with E-state index in [1.165, 1.54) is 43.6 Å². The van der Waals surface area contributed by atoms with Crippen LogP contribution in [0, 0.1) is 0 Å². The van der Waals surface area contributed by atoms with E-state index in [2.05, 4.69) is 264 Å². The van der Waals surface area contributed by atoms with Crippen molar-refractivity contribution in [1.29, 1.82) is 0 Å².